The first kappa shape index (κ1) is 14.1. The third-order valence-corrected chi connectivity index (χ3v) is 3.00. The molecule has 0 aliphatic heterocycles. The molecule has 5 heteroatoms. The lowest BCUT2D eigenvalue weighted by Crippen LogP contribution is -2.24. The quantitative estimate of drug-likeness (QED) is 0.875. The molecule has 20 heavy (non-hydrogen) atoms. The van der Waals surface area contributed by atoms with Gasteiger partial charge in [-0.15, -0.1) is 0 Å². The summed E-state index contributed by atoms with van der Waals surface area (Å²) in [4.78, 5) is 10.5. The predicted molar refractivity (Wildman–Crippen MR) is 80.8 cm³/mol. The number of nitrogens with two attached hydrogens (primary N) is 1. The molecule has 0 saturated carbocycles. The highest BCUT2D eigenvalue weighted by Crippen LogP contribution is 2.28. The lowest BCUT2D eigenvalue weighted by Gasteiger charge is -2.23. The summed E-state index contributed by atoms with van der Waals surface area (Å²) in [6.07, 6.45) is 1.49. The number of nitrogen functional groups attached to an aromatic ring is 1. The molecule has 1 aromatic heterocycles. The number of hydrogen-bond donors (Lipinski definition) is 1. The van der Waals surface area contributed by atoms with Crippen LogP contribution in [0.25, 0.3) is 0 Å². The molecule has 0 spiro atoms. The average Bonchev–Trinajstić information content (AvgIpc) is 2.49. The first-order valence-corrected chi connectivity index (χ1v) is 6.78. The normalized spacial score (nSPS) is 10.3. The van der Waals surface area contributed by atoms with Gasteiger partial charge in [0.2, 0.25) is 5.88 Å². The van der Waals surface area contributed by atoms with Gasteiger partial charge in [0.25, 0.3) is 0 Å². The largest absolute Gasteiger partial charge is 0.476 e. The SMILES string of the molecule is CCOc1ncnc(N(CC)Cc2ccccc2)c1N. The molecule has 0 aliphatic rings. The monoisotopic (exact) mass is 272 g/mol. The zero-order chi connectivity index (χ0) is 14.4. The highest BCUT2D eigenvalue weighted by Gasteiger charge is 2.14. The van der Waals surface area contributed by atoms with E-state index in [0.717, 1.165) is 18.9 Å². The minimum absolute atomic E-state index is 0.448. The van der Waals surface area contributed by atoms with Gasteiger partial charge in [0.05, 0.1) is 6.61 Å². The Bertz CT molecular complexity index is 545. The molecular weight excluding hydrogens is 252 g/mol. The summed E-state index contributed by atoms with van der Waals surface area (Å²) >= 11 is 0. The number of nitrogens with zero attached hydrogens (tertiary/aromatic N) is 3. The van der Waals surface area contributed by atoms with Crippen molar-refractivity contribution in [1.29, 1.82) is 0 Å². The van der Waals surface area contributed by atoms with E-state index in [-0.39, 0.29) is 0 Å². The molecule has 106 valence electrons. The Hall–Kier alpha value is -2.30. The van der Waals surface area contributed by atoms with E-state index >= 15 is 0 Å². The molecule has 0 bridgehead atoms. The van der Waals surface area contributed by atoms with Crippen molar-refractivity contribution < 1.29 is 4.74 Å². The lowest BCUT2D eigenvalue weighted by atomic mass is 10.2. The highest BCUT2D eigenvalue weighted by atomic mass is 16.5. The maximum absolute atomic E-state index is 6.11. The Labute approximate surface area is 119 Å². The van der Waals surface area contributed by atoms with Gasteiger partial charge in [0.15, 0.2) is 5.82 Å². The molecule has 0 fully saturated rings. The van der Waals surface area contributed by atoms with Crippen LogP contribution in [0.2, 0.25) is 0 Å². The maximum atomic E-state index is 6.11. The van der Waals surface area contributed by atoms with E-state index in [4.69, 9.17) is 10.5 Å². The molecule has 2 aromatic rings. The summed E-state index contributed by atoms with van der Waals surface area (Å²) in [6.45, 7) is 6.07. The van der Waals surface area contributed by atoms with E-state index in [1.807, 2.05) is 25.1 Å². The second kappa shape index (κ2) is 6.75. The smallest absolute Gasteiger partial charge is 0.242 e. The van der Waals surface area contributed by atoms with Gasteiger partial charge in [-0.1, -0.05) is 30.3 Å². The van der Waals surface area contributed by atoms with Crippen LogP contribution < -0.4 is 15.4 Å². The second-order valence-electron chi connectivity index (χ2n) is 4.35. The molecule has 1 aromatic carbocycles. The van der Waals surface area contributed by atoms with Crippen LogP contribution in [-0.4, -0.2) is 23.1 Å². The van der Waals surface area contributed by atoms with Gasteiger partial charge >= 0.3 is 0 Å². The molecule has 0 atom stereocenters. The number of aromatic nitrogens is 2. The molecule has 0 radical (unpaired) electrons. The highest BCUT2D eigenvalue weighted by molar-refractivity contribution is 5.67. The molecule has 0 aliphatic carbocycles. The molecular formula is C15H20N4O. The van der Waals surface area contributed by atoms with E-state index in [9.17, 15) is 0 Å². The van der Waals surface area contributed by atoms with Crippen molar-refractivity contribution in [3.8, 4) is 5.88 Å². The van der Waals surface area contributed by atoms with Crippen LogP contribution in [0, 0.1) is 0 Å². The van der Waals surface area contributed by atoms with Gasteiger partial charge < -0.3 is 15.4 Å². The van der Waals surface area contributed by atoms with Crippen molar-refractivity contribution in [3.05, 3.63) is 42.2 Å². The standard InChI is InChI=1S/C15H20N4O/c1-3-19(10-12-8-6-5-7-9-12)14-13(16)15(20-4-2)18-11-17-14/h5-9,11H,3-4,10,16H2,1-2H3. The Morgan fingerprint density at radius 2 is 1.90 bits per heavy atom. The number of rotatable bonds is 6. The summed E-state index contributed by atoms with van der Waals surface area (Å²) in [6, 6.07) is 10.2. The molecule has 1 heterocycles. The van der Waals surface area contributed by atoms with Crippen LogP contribution in [0.4, 0.5) is 11.5 Å². The number of hydrogen-bond acceptors (Lipinski definition) is 5. The minimum Gasteiger partial charge on any atom is -0.476 e. The average molecular weight is 272 g/mol. The predicted octanol–water partition coefficient (Wildman–Crippen LogP) is 2.48. The van der Waals surface area contributed by atoms with Crippen LogP contribution in [0.3, 0.4) is 0 Å². The summed E-state index contributed by atoms with van der Waals surface area (Å²) in [5.74, 6) is 1.17. The fourth-order valence-electron chi connectivity index (χ4n) is 2.01. The fraction of sp³-hybridized carbons (Fsp3) is 0.333. The molecule has 2 rings (SSSR count). The summed E-state index contributed by atoms with van der Waals surface area (Å²) in [5.41, 5.74) is 7.81. The van der Waals surface area contributed by atoms with Gasteiger partial charge in [0, 0.05) is 13.1 Å². The van der Waals surface area contributed by atoms with E-state index in [1.165, 1.54) is 11.9 Å². The van der Waals surface area contributed by atoms with E-state index in [1.54, 1.807) is 0 Å². The molecule has 0 saturated heterocycles. The Kier molecular flexibility index (Phi) is 4.76. The van der Waals surface area contributed by atoms with Crippen LogP contribution in [0.15, 0.2) is 36.7 Å². The van der Waals surface area contributed by atoms with Crippen molar-refractivity contribution in [2.45, 2.75) is 20.4 Å². The van der Waals surface area contributed by atoms with Crippen molar-refractivity contribution >= 4 is 11.5 Å². The molecule has 0 unspecified atom stereocenters. The number of ether oxygens (including phenoxy) is 1. The van der Waals surface area contributed by atoms with E-state index in [2.05, 4.69) is 33.9 Å². The van der Waals surface area contributed by atoms with Crippen LogP contribution in [0.1, 0.15) is 19.4 Å². The maximum Gasteiger partial charge on any atom is 0.242 e. The third-order valence-electron chi connectivity index (χ3n) is 3.00. The summed E-state index contributed by atoms with van der Waals surface area (Å²) < 4.78 is 5.42. The van der Waals surface area contributed by atoms with Gasteiger partial charge in [-0.25, -0.2) is 4.98 Å². The number of benzene rings is 1. The fourth-order valence-corrected chi connectivity index (χ4v) is 2.01. The van der Waals surface area contributed by atoms with Crippen LogP contribution in [-0.2, 0) is 6.54 Å². The van der Waals surface area contributed by atoms with Crippen LogP contribution in [0.5, 0.6) is 5.88 Å². The molecule has 5 nitrogen and oxygen atoms in total. The summed E-state index contributed by atoms with van der Waals surface area (Å²) in [7, 11) is 0. The second-order valence-corrected chi connectivity index (χ2v) is 4.35. The van der Waals surface area contributed by atoms with Crippen molar-refractivity contribution in [1.82, 2.24) is 9.97 Å². The summed E-state index contributed by atoms with van der Waals surface area (Å²) in [5, 5.41) is 0. The number of anilines is 2. The van der Waals surface area contributed by atoms with Gasteiger partial charge in [-0.05, 0) is 19.4 Å². The van der Waals surface area contributed by atoms with Gasteiger partial charge in [0.1, 0.15) is 12.0 Å². The van der Waals surface area contributed by atoms with Gasteiger partial charge in [-0.3, -0.25) is 0 Å². The first-order chi connectivity index (χ1) is 9.76. The Balaban J connectivity index is 2.25. The Morgan fingerprint density at radius 3 is 2.55 bits per heavy atom. The minimum atomic E-state index is 0.448. The lowest BCUT2D eigenvalue weighted by molar-refractivity contribution is 0.328. The van der Waals surface area contributed by atoms with Crippen molar-refractivity contribution in [3.63, 3.8) is 0 Å². The third kappa shape index (κ3) is 3.17. The van der Waals surface area contributed by atoms with Crippen molar-refractivity contribution in [2.24, 2.45) is 0 Å². The van der Waals surface area contributed by atoms with Crippen molar-refractivity contribution in [2.75, 3.05) is 23.8 Å². The topological polar surface area (TPSA) is 64.3 Å². The Morgan fingerprint density at radius 1 is 1.15 bits per heavy atom. The zero-order valence-electron chi connectivity index (χ0n) is 11.9. The first-order valence-electron chi connectivity index (χ1n) is 6.78. The van der Waals surface area contributed by atoms with E-state index in [0.29, 0.717) is 18.2 Å². The molecule has 0 amide bonds. The van der Waals surface area contributed by atoms with Gasteiger partial charge in [-0.2, -0.15) is 4.98 Å². The van der Waals surface area contributed by atoms with E-state index < -0.39 is 0 Å². The zero-order valence-corrected chi connectivity index (χ0v) is 11.9. The molecule has 2 N–H and O–H groups in total. The van der Waals surface area contributed by atoms with Crippen LogP contribution >= 0.6 is 0 Å².